The van der Waals surface area contributed by atoms with Crippen molar-refractivity contribution in [3.63, 3.8) is 0 Å². The third-order valence-corrected chi connectivity index (χ3v) is 4.82. The van der Waals surface area contributed by atoms with E-state index in [9.17, 15) is 0 Å². The first-order valence-corrected chi connectivity index (χ1v) is 8.77. The van der Waals surface area contributed by atoms with Crippen molar-refractivity contribution >= 4 is 27.8 Å². The first-order chi connectivity index (χ1) is 10.2. The lowest BCUT2D eigenvalue weighted by atomic mass is 10.3. The second kappa shape index (κ2) is 8.43. The second-order valence-electron chi connectivity index (χ2n) is 4.81. The Morgan fingerprint density at radius 2 is 2.29 bits per heavy atom. The van der Waals surface area contributed by atoms with Gasteiger partial charge in [-0.2, -0.15) is 0 Å². The van der Waals surface area contributed by atoms with Crippen LogP contribution in [0.4, 0.5) is 5.13 Å². The van der Waals surface area contributed by atoms with Crippen LogP contribution in [0.3, 0.4) is 0 Å². The highest BCUT2D eigenvalue weighted by atomic mass is 32.1. The van der Waals surface area contributed by atoms with Gasteiger partial charge in [0, 0.05) is 31.0 Å². The molecular weight excluding hydrogens is 304 g/mol. The van der Waals surface area contributed by atoms with E-state index >= 15 is 0 Å². The molecule has 2 aromatic rings. The number of hydrogen-bond donors (Lipinski definition) is 1. The van der Waals surface area contributed by atoms with Gasteiger partial charge in [0.2, 0.25) is 0 Å². The number of ether oxygens (including phenoxy) is 1. The first-order valence-electron chi connectivity index (χ1n) is 7.01. The van der Waals surface area contributed by atoms with Crippen LogP contribution >= 0.6 is 22.7 Å². The summed E-state index contributed by atoms with van der Waals surface area (Å²) >= 11 is 3.35. The fraction of sp³-hybridized carbons (Fsp3) is 0.571. The Balaban J connectivity index is 2.06. The van der Waals surface area contributed by atoms with Gasteiger partial charge in [0.25, 0.3) is 0 Å². The van der Waals surface area contributed by atoms with Gasteiger partial charge in [-0.05, 0) is 13.0 Å². The zero-order valence-electron chi connectivity index (χ0n) is 12.8. The Kier molecular flexibility index (Phi) is 6.56. The number of anilines is 1. The largest absolute Gasteiger partial charge is 0.378 e. The summed E-state index contributed by atoms with van der Waals surface area (Å²) in [6, 6.07) is 0. The number of methoxy groups -OCH3 is 1. The summed E-state index contributed by atoms with van der Waals surface area (Å²) in [5.41, 5.74) is 3.98. The highest BCUT2D eigenvalue weighted by Gasteiger charge is 2.14. The highest BCUT2D eigenvalue weighted by Crippen LogP contribution is 2.27. The van der Waals surface area contributed by atoms with Crippen molar-refractivity contribution in [3.05, 3.63) is 27.2 Å². The summed E-state index contributed by atoms with van der Waals surface area (Å²) in [6.45, 7) is 5.39. The number of nitrogens with zero attached hydrogens (tertiary/aromatic N) is 3. The number of nitrogens with one attached hydrogen (secondary N) is 1. The molecule has 0 aliphatic heterocycles. The fourth-order valence-electron chi connectivity index (χ4n) is 1.93. The van der Waals surface area contributed by atoms with E-state index in [1.807, 2.05) is 5.51 Å². The van der Waals surface area contributed by atoms with Gasteiger partial charge in [-0.15, -0.1) is 22.7 Å². The second-order valence-corrected chi connectivity index (χ2v) is 6.59. The summed E-state index contributed by atoms with van der Waals surface area (Å²) < 4.78 is 5.26. The molecule has 0 amide bonds. The smallest absolute Gasteiger partial charge is 0.186 e. The third-order valence-electron chi connectivity index (χ3n) is 2.97. The van der Waals surface area contributed by atoms with E-state index < -0.39 is 0 Å². The monoisotopic (exact) mass is 326 g/mol. The molecular formula is C14H22N4OS2. The lowest BCUT2D eigenvalue weighted by Crippen LogP contribution is -2.16. The summed E-state index contributed by atoms with van der Waals surface area (Å²) in [5.74, 6) is 0. The van der Waals surface area contributed by atoms with Crippen molar-refractivity contribution in [2.75, 3.05) is 25.6 Å². The van der Waals surface area contributed by atoms with Crippen LogP contribution in [0.25, 0.3) is 0 Å². The standard InChI is InChI=1S/C14H22N4OS2/c1-4-5-15-6-13-12(8-19-3)17-14(21-13)18(2)7-11-9-20-10-16-11/h9-10,15H,4-8H2,1-3H3. The van der Waals surface area contributed by atoms with Gasteiger partial charge >= 0.3 is 0 Å². The summed E-state index contributed by atoms with van der Waals surface area (Å²) in [4.78, 5) is 12.4. The van der Waals surface area contributed by atoms with E-state index in [1.165, 1.54) is 4.88 Å². The lowest BCUT2D eigenvalue weighted by Gasteiger charge is -2.13. The van der Waals surface area contributed by atoms with Crippen molar-refractivity contribution in [2.45, 2.75) is 33.0 Å². The molecule has 116 valence electrons. The molecule has 21 heavy (non-hydrogen) atoms. The van der Waals surface area contributed by atoms with Crippen molar-refractivity contribution in [1.82, 2.24) is 15.3 Å². The molecule has 0 bridgehead atoms. The van der Waals surface area contributed by atoms with Crippen LogP contribution in [0, 0.1) is 0 Å². The molecule has 2 aromatic heterocycles. The van der Waals surface area contributed by atoms with E-state index in [1.54, 1.807) is 29.8 Å². The topological polar surface area (TPSA) is 50.3 Å². The zero-order valence-corrected chi connectivity index (χ0v) is 14.4. The van der Waals surface area contributed by atoms with Gasteiger partial charge in [-0.25, -0.2) is 9.97 Å². The van der Waals surface area contributed by atoms with Gasteiger partial charge in [0.05, 0.1) is 30.1 Å². The van der Waals surface area contributed by atoms with Crippen molar-refractivity contribution in [1.29, 1.82) is 0 Å². The van der Waals surface area contributed by atoms with Crippen LogP contribution in [0.5, 0.6) is 0 Å². The quantitative estimate of drug-likeness (QED) is 0.718. The predicted molar refractivity (Wildman–Crippen MR) is 89.0 cm³/mol. The maximum atomic E-state index is 5.26. The molecule has 0 aliphatic carbocycles. The Bertz CT molecular complexity index is 527. The molecule has 5 nitrogen and oxygen atoms in total. The molecule has 0 atom stereocenters. The van der Waals surface area contributed by atoms with E-state index in [4.69, 9.17) is 9.72 Å². The average molecular weight is 326 g/mol. The summed E-state index contributed by atoms with van der Waals surface area (Å²) in [6.07, 6.45) is 1.13. The van der Waals surface area contributed by atoms with E-state index in [2.05, 4.69) is 34.6 Å². The minimum Gasteiger partial charge on any atom is -0.378 e. The summed E-state index contributed by atoms with van der Waals surface area (Å²) in [7, 11) is 3.76. The highest BCUT2D eigenvalue weighted by molar-refractivity contribution is 7.15. The maximum absolute atomic E-state index is 5.26. The van der Waals surface area contributed by atoms with Crippen molar-refractivity contribution < 1.29 is 4.74 Å². The minimum absolute atomic E-state index is 0.560. The number of rotatable bonds is 9. The number of aromatic nitrogens is 2. The Morgan fingerprint density at radius 3 is 2.95 bits per heavy atom. The lowest BCUT2D eigenvalue weighted by molar-refractivity contribution is 0.181. The van der Waals surface area contributed by atoms with E-state index in [0.717, 1.165) is 42.6 Å². The van der Waals surface area contributed by atoms with Gasteiger partial charge in [-0.3, -0.25) is 0 Å². The molecule has 7 heteroatoms. The zero-order chi connectivity index (χ0) is 15.1. The molecule has 1 N–H and O–H groups in total. The number of hydrogen-bond acceptors (Lipinski definition) is 7. The molecule has 2 heterocycles. The summed E-state index contributed by atoms with van der Waals surface area (Å²) in [5, 5.41) is 6.52. The van der Waals surface area contributed by atoms with Crippen LogP contribution in [0.1, 0.15) is 29.6 Å². The van der Waals surface area contributed by atoms with Crippen LogP contribution in [0.2, 0.25) is 0 Å². The Labute approximate surface area is 134 Å². The van der Waals surface area contributed by atoms with Gasteiger partial charge < -0.3 is 15.0 Å². The third kappa shape index (κ3) is 4.74. The van der Waals surface area contributed by atoms with Crippen LogP contribution in [0.15, 0.2) is 10.9 Å². The van der Waals surface area contributed by atoms with Gasteiger partial charge in [0.1, 0.15) is 0 Å². The number of thiazole rings is 2. The molecule has 0 radical (unpaired) electrons. The predicted octanol–water partition coefficient (Wildman–Crippen LogP) is 2.88. The molecule has 0 spiro atoms. The molecule has 2 rings (SSSR count). The first kappa shape index (κ1) is 16.4. The molecule has 0 aliphatic rings. The normalized spacial score (nSPS) is 11.0. The van der Waals surface area contributed by atoms with Crippen molar-refractivity contribution in [3.8, 4) is 0 Å². The fourth-order valence-corrected chi connectivity index (χ4v) is 3.47. The Morgan fingerprint density at radius 1 is 1.43 bits per heavy atom. The van der Waals surface area contributed by atoms with Crippen LogP contribution < -0.4 is 10.2 Å². The minimum atomic E-state index is 0.560. The van der Waals surface area contributed by atoms with Crippen molar-refractivity contribution in [2.24, 2.45) is 0 Å². The maximum Gasteiger partial charge on any atom is 0.186 e. The van der Waals surface area contributed by atoms with Gasteiger partial charge in [0.15, 0.2) is 5.13 Å². The molecule has 0 fully saturated rings. The van der Waals surface area contributed by atoms with Crippen LogP contribution in [-0.4, -0.2) is 30.7 Å². The molecule has 0 unspecified atom stereocenters. The SMILES string of the molecule is CCCNCc1sc(N(C)Cc2cscn2)nc1COC. The molecule has 0 saturated heterocycles. The van der Waals surface area contributed by atoms with E-state index in [-0.39, 0.29) is 0 Å². The molecule has 0 saturated carbocycles. The Hall–Kier alpha value is -1.02. The van der Waals surface area contributed by atoms with E-state index in [0.29, 0.717) is 6.61 Å². The van der Waals surface area contributed by atoms with Gasteiger partial charge in [-0.1, -0.05) is 6.92 Å². The average Bonchev–Trinajstić information content (AvgIpc) is 3.10. The van der Waals surface area contributed by atoms with Crippen LogP contribution in [-0.2, 0) is 24.4 Å². The molecule has 0 aromatic carbocycles.